The highest BCUT2D eigenvalue weighted by molar-refractivity contribution is 6.32. The van der Waals surface area contributed by atoms with Crippen LogP contribution in [0.15, 0.2) is 260 Å². The number of hydrogen-bond donors (Lipinski definition) is 0. The minimum absolute atomic E-state index is 0.287. The van der Waals surface area contributed by atoms with Gasteiger partial charge in [-0.25, -0.2) is 0 Å². The molecule has 0 aliphatic carbocycles. The summed E-state index contributed by atoms with van der Waals surface area (Å²) in [6.45, 7) is 0. The van der Waals surface area contributed by atoms with E-state index in [1.54, 1.807) is 0 Å². The van der Waals surface area contributed by atoms with Crippen molar-refractivity contribution in [2.45, 2.75) is 0 Å². The molecule has 0 amide bonds. The molecular formula is C80H40N6O4. The fourth-order valence-electron chi connectivity index (χ4n) is 15.8. The Labute approximate surface area is 507 Å². The summed E-state index contributed by atoms with van der Waals surface area (Å²) in [5, 5.41) is 41.6. The van der Waals surface area contributed by atoms with Gasteiger partial charge in [0.15, 0.2) is 0 Å². The van der Waals surface area contributed by atoms with Gasteiger partial charge in [0.05, 0.1) is 66.9 Å². The minimum atomic E-state index is 0.287. The third-order valence-corrected chi connectivity index (χ3v) is 19.2. The number of fused-ring (bicyclic) bond motifs is 28. The van der Waals surface area contributed by atoms with Crippen molar-refractivity contribution in [1.29, 1.82) is 10.5 Å². The maximum absolute atomic E-state index is 13.1. The van der Waals surface area contributed by atoms with Crippen molar-refractivity contribution in [3.8, 4) is 34.9 Å². The average molecular weight is 1150 g/mol. The Morgan fingerprint density at radius 1 is 0.200 bits per heavy atom. The molecule has 0 aliphatic heterocycles. The first-order valence-electron chi connectivity index (χ1n) is 30.0. The molecule has 0 aliphatic rings. The summed E-state index contributed by atoms with van der Waals surface area (Å²) in [7, 11) is 0. The van der Waals surface area contributed by atoms with E-state index in [2.05, 4.69) is 206 Å². The van der Waals surface area contributed by atoms with Crippen molar-refractivity contribution in [3.63, 3.8) is 0 Å². The third kappa shape index (κ3) is 5.81. The fraction of sp³-hybridized carbons (Fsp3) is 0. The highest BCUT2D eigenvalue weighted by Crippen LogP contribution is 2.53. The number of para-hydroxylation sites is 8. The molecule has 13 aromatic carbocycles. The molecule has 8 heterocycles. The Kier molecular flexibility index (Phi) is 8.98. The van der Waals surface area contributed by atoms with Crippen LogP contribution in [0.3, 0.4) is 0 Å². The lowest BCUT2D eigenvalue weighted by Gasteiger charge is -2.27. The molecule has 0 fully saturated rings. The van der Waals surface area contributed by atoms with E-state index < -0.39 is 0 Å². The highest BCUT2D eigenvalue weighted by Gasteiger charge is 2.36. The molecule has 0 N–H and O–H groups in total. The van der Waals surface area contributed by atoms with Crippen molar-refractivity contribution in [3.05, 3.63) is 254 Å². The first-order chi connectivity index (χ1) is 44.6. The third-order valence-electron chi connectivity index (χ3n) is 19.2. The second kappa shape index (κ2) is 17.0. The average Bonchev–Trinajstić information content (AvgIpc) is 1.48. The van der Waals surface area contributed by atoms with Crippen LogP contribution in [0.2, 0.25) is 0 Å². The second-order valence-electron chi connectivity index (χ2n) is 23.5. The second-order valence-corrected chi connectivity index (χ2v) is 23.5. The quantitative estimate of drug-likeness (QED) is 0.173. The normalized spacial score (nSPS) is 12.4. The van der Waals surface area contributed by atoms with Crippen molar-refractivity contribution in [1.82, 2.24) is 18.3 Å². The molecular weight excluding hydrogens is 1110 g/mol. The summed E-state index contributed by atoms with van der Waals surface area (Å²) >= 11 is 0. The standard InChI is InChI=1S/C80H40N6O4/c81-41-51-77(83-53-25-9-1-17-43(53)69-57(83)33-37-65-73(69)47-21-5-13-29-61(47)87-65)52(42-82)79(85-55-27-11-3-19-45(55)71-59(85)35-39-67-75(71)49-23-7-15-31-63(49)89-67)80(86-56-28-12-4-20-46(56)72-60(86)36-40-68-76(72)50-24-8-16-32-64(50)90-68)78(51)84-54-26-10-2-18-44(54)70-58(84)34-38-66-74(70)48-22-6-14-30-62(48)88-66/h1-40H. The van der Waals surface area contributed by atoms with Gasteiger partial charge in [0.1, 0.15) is 67.9 Å². The van der Waals surface area contributed by atoms with Gasteiger partial charge in [-0.2, -0.15) is 10.5 Å². The first kappa shape index (κ1) is 47.5. The monoisotopic (exact) mass is 1150 g/mol. The Balaban J connectivity index is 1.07. The van der Waals surface area contributed by atoms with Crippen molar-refractivity contribution in [2.24, 2.45) is 0 Å². The smallest absolute Gasteiger partial charge is 0.136 e. The molecule has 90 heavy (non-hydrogen) atoms. The molecule has 0 unspecified atom stereocenters. The van der Waals surface area contributed by atoms with Crippen molar-refractivity contribution in [2.75, 3.05) is 0 Å². The lowest BCUT2D eigenvalue weighted by Crippen LogP contribution is -2.16. The summed E-state index contributed by atoms with van der Waals surface area (Å²) in [6.07, 6.45) is 0. The van der Waals surface area contributed by atoms with E-state index in [0.29, 0.717) is 22.7 Å². The zero-order valence-electron chi connectivity index (χ0n) is 47.4. The van der Waals surface area contributed by atoms with E-state index >= 15 is 0 Å². The molecule has 0 atom stereocenters. The summed E-state index contributed by atoms with van der Waals surface area (Å²) < 4.78 is 35.9. The molecule has 0 spiro atoms. The zero-order valence-corrected chi connectivity index (χ0v) is 47.4. The molecule has 8 aromatic heterocycles. The number of aromatic nitrogens is 4. The zero-order chi connectivity index (χ0) is 58.8. The van der Waals surface area contributed by atoms with Gasteiger partial charge < -0.3 is 35.9 Å². The summed E-state index contributed by atoms with van der Waals surface area (Å²) in [4.78, 5) is 0. The molecule has 10 nitrogen and oxygen atoms in total. The van der Waals surface area contributed by atoms with Crippen LogP contribution in [0.1, 0.15) is 11.1 Å². The van der Waals surface area contributed by atoms with Crippen LogP contribution in [0.4, 0.5) is 0 Å². The Morgan fingerprint density at radius 3 is 0.711 bits per heavy atom. The maximum Gasteiger partial charge on any atom is 0.136 e. The molecule has 21 aromatic rings. The van der Waals surface area contributed by atoms with Crippen LogP contribution in [0.5, 0.6) is 0 Å². The molecule has 0 radical (unpaired) electrons. The van der Waals surface area contributed by atoms with Gasteiger partial charge in [-0.1, -0.05) is 146 Å². The van der Waals surface area contributed by atoms with E-state index in [0.717, 1.165) is 175 Å². The number of nitriles is 2. The van der Waals surface area contributed by atoms with Gasteiger partial charge in [-0.3, -0.25) is 0 Å². The highest BCUT2D eigenvalue weighted by atomic mass is 16.3. The van der Waals surface area contributed by atoms with E-state index in [9.17, 15) is 10.5 Å². The predicted octanol–water partition coefficient (Wildman–Crippen LogP) is 21.4. The number of furan rings is 4. The first-order valence-corrected chi connectivity index (χ1v) is 30.0. The summed E-state index contributed by atoms with van der Waals surface area (Å²) in [5.41, 5.74) is 15.6. The molecule has 10 heteroatoms. The number of rotatable bonds is 4. The van der Waals surface area contributed by atoms with Crippen LogP contribution < -0.4 is 0 Å². The molecule has 21 rings (SSSR count). The Bertz CT molecular complexity index is 6720. The van der Waals surface area contributed by atoms with Crippen LogP contribution in [-0.2, 0) is 0 Å². The molecule has 0 saturated carbocycles. The van der Waals surface area contributed by atoms with Gasteiger partial charge in [-0.05, 0) is 97.1 Å². The summed E-state index contributed by atoms with van der Waals surface area (Å²) in [5.74, 6) is 0. The predicted molar refractivity (Wildman–Crippen MR) is 362 cm³/mol. The van der Waals surface area contributed by atoms with Crippen LogP contribution in [-0.4, -0.2) is 18.3 Å². The Hall–Kier alpha value is -12.8. The SMILES string of the molecule is N#Cc1c(-n2c3ccccc3c3c4c(ccc32)oc2ccccc24)c(C#N)c(-n2c3ccccc3c3c4c(ccc32)oc2ccccc24)c(-n2c3ccccc3c3c4c(ccc32)oc2ccccc24)c1-n1c2ccccc2c2c3c(ccc21)oc1ccccc13. The lowest BCUT2D eigenvalue weighted by molar-refractivity contribution is 0.669. The number of nitrogens with zero attached hydrogens (tertiary/aromatic N) is 6. The van der Waals surface area contributed by atoms with Crippen LogP contribution in [0, 0.1) is 22.7 Å². The topological polar surface area (TPSA) is 120 Å². The summed E-state index contributed by atoms with van der Waals surface area (Å²) in [6, 6.07) is 89.2. The number of hydrogen-bond acceptors (Lipinski definition) is 6. The molecule has 0 bridgehead atoms. The maximum atomic E-state index is 13.1. The Morgan fingerprint density at radius 2 is 0.433 bits per heavy atom. The van der Waals surface area contributed by atoms with Gasteiger partial charge in [-0.15, -0.1) is 0 Å². The molecule has 0 saturated heterocycles. The largest absolute Gasteiger partial charge is 0.456 e. The van der Waals surface area contributed by atoms with E-state index in [1.807, 2.05) is 66.7 Å². The van der Waals surface area contributed by atoms with Crippen LogP contribution >= 0.6 is 0 Å². The van der Waals surface area contributed by atoms with E-state index in [4.69, 9.17) is 17.7 Å². The fourth-order valence-corrected chi connectivity index (χ4v) is 15.8. The van der Waals surface area contributed by atoms with Crippen molar-refractivity contribution >= 4 is 175 Å². The van der Waals surface area contributed by atoms with E-state index in [1.165, 1.54) is 0 Å². The van der Waals surface area contributed by atoms with Gasteiger partial charge in [0.25, 0.3) is 0 Å². The number of benzene rings is 13. The lowest BCUT2D eigenvalue weighted by atomic mass is 9.98. The minimum Gasteiger partial charge on any atom is -0.456 e. The van der Waals surface area contributed by atoms with Crippen molar-refractivity contribution < 1.29 is 17.7 Å². The molecule has 414 valence electrons. The van der Waals surface area contributed by atoms with E-state index in [-0.39, 0.29) is 11.1 Å². The van der Waals surface area contributed by atoms with Gasteiger partial charge >= 0.3 is 0 Å². The van der Waals surface area contributed by atoms with Gasteiger partial charge in [0.2, 0.25) is 0 Å². The van der Waals surface area contributed by atoms with Gasteiger partial charge in [0, 0.05) is 86.2 Å². The van der Waals surface area contributed by atoms with Crippen LogP contribution in [0.25, 0.3) is 198 Å².